The van der Waals surface area contributed by atoms with Crippen LogP contribution < -0.4 is 9.80 Å². The van der Waals surface area contributed by atoms with E-state index in [0.29, 0.717) is 17.9 Å². The lowest BCUT2D eigenvalue weighted by Crippen LogP contribution is -2.28. The normalized spacial score (nSPS) is 20.9. The van der Waals surface area contributed by atoms with E-state index in [1.165, 1.54) is 76.3 Å². The van der Waals surface area contributed by atoms with Gasteiger partial charge in [0.2, 0.25) is 0 Å². The number of thiophene rings is 1. The van der Waals surface area contributed by atoms with Gasteiger partial charge in [-0.1, -0.05) is 115 Å². The topological polar surface area (TPSA) is 6.48 Å². The largest absolute Gasteiger partial charge is 0.333 e. The van der Waals surface area contributed by atoms with Crippen LogP contribution in [0.2, 0.25) is 0 Å². The molecule has 0 saturated carbocycles. The minimum atomic E-state index is 0.249. The molecule has 51 heavy (non-hydrogen) atoms. The molecule has 2 aliphatic carbocycles. The van der Waals surface area contributed by atoms with Crippen LogP contribution in [0.3, 0.4) is 0 Å². The van der Waals surface area contributed by atoms with E-state index >= 15 is 0 Å². The van der Waals surface area contributed by atoms with Crippen LogP contribution >= 0.6 is 11.3 Å². The molecule has 3 heterocycles. The Balaban J connectivity index is 0.945. The first-order chi connectivity index (χ1) is 25.3. The van der Waals surface area contributed by atoms with Crippen LogP contribution in [0, 0.1) is 0 Å². The average Bonchev–Trinajstić information content (AvgIpc) is 3.85. The summed E-state index contributed by atoms with van der Waals surface area (Å²) in [5, 5.41) is 2.68. The third-order valence-electron chi connectivity index (χ3n) is 11.3. The van der Waals surface area contributed by atoms with E-state index in [1.54, 1.807) is 0 Å². The molecule has 1 aromatic heterocycles. The summed E-state index contributed by atoms with van der Waals surface area (Å²) < 4.78 is 2.69. The second-order valence-corrected chi connectivity index (χ2v) is 15.1. The number of benzene rings is 6. The molecule has 0 radical (unpaired) electrons. The zero-order valence-corrected chi connectivity index (χ0v) is 28.7. The highest BCUT2D eigenvalue weighted by Gasteiger charge is 2.39. The van der Waals surface area contributed by atoms with Gasteiger partial charge in [-0.2, -0.15) is 0 Å². The Morgan fingerprint density at radius 3 is 1.57 bits per heavy atom. The summed E-state index contributed by atoms with van der Waals surface area (Å²) in [6.45, 7) is 0. The molecule has 2 nitrogen and oxygen atoms in total. The van der Waals surface area contributed by atoms with E-state index in [-0.39, 0.29) is 6.04 Å². The van der Waals surface area contributed by atoms with Crippen LogP contribution in [0.1, 0.15) is 23.0 Å². The number of fused-ring (bicyclic) bond motifs is 9. The van der Waals surface area contributed by atoms with Crippen molar-refractivity contribution in [3.8, 4) is 22.3 Å². The molecule has 4 aliphatic rings. The molecule has 11 rings (SSSR count). The number of hydrogen-bond acceptors (Lipinski definition) is 3. The van der Waals surface area contributed by atoms with Crippen molar-refractivity contribution in [2.45, 2.75) is 23.9 Å². The molecular weight excluding hydrogens is 637 g/mol. The maximum atomic E-state index is 2.54. The van der Waals surface area contributed by atoms with E-state index in [1.807, 2.05) is 11.3 Å². The van der Waals surface area contributed by atoms with E-state index in [9.17, 15) is 0 Å². The fourth-order valence-corrected chi connectivity index (χ4v) is 10.0. The molecule has 242 valence electrons. The average molecular weight is 671 g/mol. The van der Waals surface area contributed by atoms with Gasteiger partial charge in [-0.15, -0.1) is 11.3 Å². The number of nitrogens with zero attached hydrogens (tertiary/aromatic N) is 2. The quantitative estimate of drug-likeness (QED) is 0.184. The Morgan fingerprint density at radius 1 is 0.392 bits per heavy atom. The van der Waals surface area contributed by atoms with Crippen molar-refractivity contribution in [3.63, 3.8) is 0 Å². The summed E-state index contributed by atoms with van der Waals surface area (Å²) in [6.07, 6.45) is 18.3. The van der Waals surface area contributed by atoms with Crippen LogP contribution in [-0.4, -0.2) is 12.1 Å². The van der Waals surface area contributed by atoms with Crippen molar-refractivity contribution in [2.75, 3.05) is 9.80 Å². The fourth-order valence-electron chi connectivity index (χ4n) is 8.95. The third-order valence-corrected chi connectivity index (χ3v) is 12.5. The molecule has 6 aromatic carbocycles. The highest BCUT2D eigenvalue weighted by atomic mass is 32.1. The monoisotopic (exact) mass is 670 g/mol. The SMILES string of the molecule is C1=CC2c3cc(-c4ccc5c(c4)C4C=CC=CC4N5c4ccc(-c5ccc6sc7ccccc7c6c5)cc4)ccc3N(c3ccccc3)C2C=C1. The number of hydrogen-bond donors (Lipinski definition) is 0. The number of anilines is 4. The Labute approximate surface area is 302 Å². The van der Waals surface area contributed by atoms with Crippen molar-refractivity contribution in [2.24, 2.45) is 0 Å². The lowest BCUT2D eigenvalue weighted by molar-refractivity contribution is 0.744. The third kappa shape index (κ3) is 4.48. The molecule has 0 fully saturated rings. The molecule has 0 saturated heterocycles. The summed E-state index contributed by atoms with van der Waals surface area (Å²) in [7, 11) is 0. The van der Waals surface area contributed by atoms with Crippen LogP contribution in [0.15, 0.2) is 182 Å². The Morgan fingerprint density at radius 2 is 0.902 bits per heavy atom. The Kier molecular flexibility index (Phi) is 6.41. The van der Waals surface area contributed by atoms with Crippen LogP contribution in [0.5, 0.6) is 0 Å². The molecule has 2 aliphatic heterocycles. The van der Waals surface area contributed by atoms with Gasteiger partial charge in [-0.05, 0) is 100 Å². The zero-order valence-electron chi connectivity index (χ0n) is 27.9. The number of allylic oxidation sites excluding steroid dienone is 4. The summed E-state index contributed by atoms with van der Waals surface area (Å²) in [5.74, 6) is 0.637. The molecule has 3 heteroatoms. The molecule has 4 atom stereocenters. The van der Waals surface area contributed by atoms with Gasteiger partial charge in [0.1, 0.15) is 0 Å². The lowest BCUT2D eigenvalue weighted by atomic mass is 9.88. The van der Waals surface area contributed by atoms with Crippen molar-refractivity contribution in [3.05, 3.63) is 193 Å². The Bertz CT molecular complexity index is 2620. The number of para-hydroxylation sites is 1. The molecule has 4 unspecified atom stereocenters. The summed E-state index contributed by atoms with van der Waals surface area (Å²) >= 11 is 1.87. The predicted octanol–water partition coefficient (Wildman–Crippen LogP) is 12.8. The highest BCUT2D eigenvalue weighted by molar-refractivity contribution is 7.25. The summed E-state index contributed by atoms with van der Waals surface area (Å²) in [5.41, 5.74) is 12.9. The Hall–Kier alpha value is -5.90. The standard InChI is InChI=1S/C48H34N2S/c1-2-10-35(11-3-1)49-43-15-7-4-12-37(43)40-28-33(20-25-45(40)49)34-21-26-46-41(29-34)38-13-5-8-16-44(38)50(46)36-23-18-31(19-24-36)32-22-27-48-42(30-32)39-14-6-9-17-47(39)51-48/h1-30,37-38,43-44H. The molecule has 7 aromatic rings. The molecule has 0 bridgehead atoms. The van der Waals surface area contributed by atoms with Crippen LogP contribution in [0.25, 0.3) is 42.4 Å². The molecule has 0 amide bonds. The second kappa shape index (κ2) is 11.3. The van der Waals surface area contributed by atoms with E-state index in [4.69, 9.17) is 0 Å². The van der Waals surface area contributed by atoms with Gasteiger partial charge in [-0.3, -0.25) is 0 Å². The van der Waals surface area contributed by atoms with E-state index in [2.05, 4.69) is 192 Å². The van der Waals surface area contributed by atoms with Crippen molar-refractivity contribution in [1.82, 2.24) is 0 Å². The minimum Gasteiger partial charge on any atom is -0.333 e. The summed E-state index contributed by atoms with van der Waals surface area (Å²) in [6, 6.07) is 50.4. The van der Waals surface area contributed by atoms with E-state index < -0.39 is 0 Å². The first-order valence-electron chi connectivity index (χ1n) is 17.9. The van der Waals surface area contributed by atoms with Crippen molar-refractivity contribution >= 4 is 54.3 Å². The highest BCUT2D eigenvalue weighted by Crippen LogP contribution is 2.51. The maximum Gasteiger partial charge on any atom is 0.0629 e. The number of rotatable bonds is 4. The van der Waals surface area contributed by atoms with Gasteiger partial charge >= 0.3 is 0 Å². The van der Waals surface area contributed by atoms with Gasteiger partial charge in [0.15, 0.2) is 0 Å². The zero-order chi connectivity index (χ0) is 33.5. The van der Waals surface area contributed by atoms with Crippen molar-refractivity contribution < 1.29 is 0 Å². The maximum absolute atomic E-state index is 2.54. The molecule has 0 spiro atoms. The molecule has 0 N–H and O–H groups in total. The van der Waals surface area contributed by atoms with Gasteiger partial charge < -0.3 is 9.80 Å². The first-order valence-corrected chi connectivity index (χ1v) is 18.7. The summed E-state index contributed by atoms with van der Waals surface area (Å²) in [4.78, 5) is 5.04. The van der Waals surface area contributed by atoms with Gasteiger partial charge in [0.25, 0.3) is 0 Å². The minimum absolute atomic E-state index is 0.249. The second-order valence-electron chi connectivity index (χ2n) is 14.1. The van der Waals surface area contributed by atoms with Crippen LogP contribution in [0.4, 0.5) is 22.7 Å². The predicted molar refractivity (Wildman–Crippen MR) is 217 cm³/mol. The fraction of sp³-hybridized carbons (Fsp3) is 0.0833. The van der Waals surface area contributed by atoms with Gasteiger partial charge in [0, 0.05) is 54.8 Å². The van der Waals surface area contributed by atoms with Gasteiger partial charge in [-0.25, -0.2) is 0 Å². The van der Waals surface area contributed by atoms with Gasteiger partial charge in [0.05, 0.1) is 12.1 Å². The lowest BCUT2D eigenvalue weighted by Gasteiger charge is -2.28. The first kappa shape index (κ1) is 28.9. The van der Waals surface area contributed by atoms with Crippen LogP contribution in [-0.2, 0) is 0 Å². The smallest absolute Gasteiger partial charge is 0.0629 e. The van der Waals surface area contributed by atoms with E-state index in [0.717, 1.165) is 0 Å². The van der Waals surface area contributed by atoms with Crippen molar-refractivity contribution in [1.29, 1.82) is 0 Å². The molecular formula is C48H34N2S.